The van der Waals surface area contributed by atoms with Crippen LogP contribution in [0.1, 0.15) is 60.4 Å². The minimum atomic E-state index is -2.60. The summed E-state index contributed by atoms with van der Waals surface area (Å²) in [4.78, 5) is 0. The number of fused-ring (bicyclic) bond motifs is 2. The summed E-state index contributed by atoms with van der Waals surface area (Å²) in [5.74, 6) is -1.94. The fourth-order valence-corrected chi connectivity index (χ4v) is 4.45. The first kappa shape index (κ1) is 17.3. The maximum absolute atomic E-state index is 13.7. The third-order valence-electron chi connectivity index (χ3n) is 5.71. The second-order valence-electron chi connectivity index (χ2n) is 8.19. The molecule has 0 saturated carbocycles. The van der Waals surface area contributed by atoms with Crippen LogP contribution in [-0.4, -0.2) is 5.92 Å². The zero-order chi connectivity index (χ0) is 18.6. The van der Waals surface area contributed by atoms with Crippen LogP contribution in [0.5, 0.6) is 0 Å². The summed E-state index contributed by atoms with van der Waals surface area (Å²) in [6.45, 7) is 6.56. The molecular weight excluding hydrogens is 328 g/mol. The van der Waals surface area contributed by atoms with E-state index in [-0.39, 0.29) is 18.8 Å². The van der Waals surface area contributed by atoms with Crippen LogP contribution >= 0.6 is 0 Å². The van der Waals surface area contributed by atoms with Gasteiger partial charge in [-0.2, -0.15) is 0 Å². The van der Waals surface area contributed by atoms with Gasteiger partial charge in [0.1, 0.15) is 0 Å². The van der Waals surface area contributed by atoms with Crippen LogP contribution in [0.25, 0.3) is 11.1 Å². The summed E-state index contributed by atoms with van der Waals surface area (Å²) < 4.78 is 27.5. The van der Waals surface area contributed by atoms with Gasteiger partial charge < -0.3 is 5.73 Å². The van der Waals surface area contributed by atoms with Crippen molar-refractivity contribution in [3.8, 4) is 11.1 Å². The third kappa shape index (κ3) is 2.94. The second kappa shape index (κ2) is 5.94. The Bertz CT molecular complexity index is 909. The van der Waals surface area contributed by atoms with E-state index in [9.17, 15) is 8.78 Å². The maximum atomic E-state index is 13.7. The monoisotopic (exact) mass is 353 g/mol. The molecule has 136 valence electrons. The van der Waals surface area contributed by atoms with Crippen LogP contribution in [0.2, 0.25) is 0 Å². The van der Waals surface area contributed by atoms with Gasteiger partial charge in [0, 0.05) is 30.9 Å². The third-order valence-corrected chi connectivity index (χ3v) is 5.71. The van der Waals surface area contributed by atoms with Crippen molar-refractivity contribution in [3.63, 3.8) is 0 Å². The van der Waals surface area contributed by atoms with Gasteiger partial charge in [-0.05, 0) is 44.9 Å². The largest absolute Gasteiger partial charge is 0.402 e. The van der Waals surface area contributed by atoms with E-state index < -0.39 is 5.92 Å². The first-order valence-electron chi connectivity index (χ1n) is 9.36. The molecule has 0 fully saturated rings. The number of rotatable bonds is 2. The van der Waals surface area contributed by atoms with E-state index in [0.717, 1.165) is 34.4 Å². The predicted molar refractivity (Wildman–Crippen MR) is 103 cm³/mol. The molecule has 2 aromatic carbocycles. The van der Waals surface area contributed by atoms with Crippen LogP contribution in [0, 0.1) is 0 Å². The van der Waals surface area contributed by atoms with Gasteiger partial charge in [-0.3, -0.25) is 0 Å². The lowest BCUT2D eigenvalue weighted by molar-refractivity contribution is 0.0130. The summed E-state index contributed by atoms with van der Waals surface area (Å²) in [6, 6.07) is 10.3. The zero-order valence-electron chi connectivity index (χ0n) is 15.6. The minimum Gasteiger partial charge on any atom is -0.402 e. The van der Waals surface area contributed by atoms with Crippen LogP contribution in [-0.2, 0) is 19.3 Å². The molecule has 0 saturated heterocycles. The van der Waals surface area contributed by atoms with Gasteiger partial charge in [0.15, 0.2) is 0 Å². The average molecular weight is 353 g/mol. The first-order chi connectivity index (χ1) is 12.2. The number of halogens is 2. The smallest absolute Gasteiger partial charge is 0.256 e. The Labute approximate surface area is 153 Å². The molecule has 0 amide bonds. The quantitative estimate of drug-likeness (QED) is 0.735. The van der Waals surface area contributed by atoms with Crippen LogP contribution in [0.4, 0.5) is 8.78 Å². The van der Waals surface area contributed by atoms with Gasteiger partial charge in [-0.15, -0.1) is 0 Å². The van der Waals surface area contributed by atoms with Crippen molar-refractivity contribution in [2.75, 3.05) is 0 Å². The highest BCUT2D eigenvalue weighted by atomic mass is 19.3. The van der Waals surface area contributed by atoms with Crippen molar-refractivity contribution in [1.82, 2.24) is 0 Å². The fraction of sp³-hybridized carbons (Fsp3) is 0.391. The summed E-state index contributed by atoms with van der Waals surface area (Å²) in [6.07, 6.45) is 2.64. The van der Waals surface area contributed by atoms with E-state index in [1.54, 1.807) is 0 Å². The molecule has 1 atom stereocenters. The molecule has 1 nitrogen and oxygen atoms in total. The highest BCUT2D eigenvalue weighted by Crippen LogP contribution is 2.40. The molecule has 4 rings (SSSR count). The van der Waals surface area contributed by atoms with E-state index in [2.05, 4.69) is 39.0 Å². The zero-order valence-corrected chi connectivity index (χ0v) is 15.6. The van der Waals surface area contributed by atoms with Crippen LogP contribution in [0.3, 0.4) is 0 Å². The van der Waals surface area contributed by atoms with E-state index >= 15 is 0 Å². The maximum Gasteiger partial charge on any atom is 0.256 e. The summed E-state index contributed by atoms with van der Waals surface area (Å²) >= 11 is 0. The Morgan fingerprint density at radius 3 is 2.50 bits per heavy atom. The molecule has 1 unspecified atom stereocenters. The lowest BCUT2D eigenvalue weighted by atomic mass is 9.80. The van der Waals surface area contributed by atoms with E-state index in [4.69, 9.17) is 5.73 Å². The summed E-state index contributed by atoms with van der Waals surface area (Å²) in [5.41, 5.74) is 14.7. The van der Waals surface area contributed by atoms with Crippen molar-refractivity contribution in [1.29, 1.82) is 0 Å². The molecule has 2 aromatic rings. The highest BCUT2D eigenvalue weighted by molar-refractivity contribution is 5.69. The Morgan fingerprint density at radius 2 is 1.77 bits per heavy atom. The number of alkyl halides is 2. The van der Waals surface area contributed by atoms with E-state index in [1.807, 2.05) is 18.2 Å². The average Bonchev–Trinajstić information content (AvgIpc) is 2.86. The molecule has 3 heteroatoms. The predicted octanol–water partition coefficient (Wildman–Crippen LogP) is 5.71. The van der Waals surface area contributed by atoms with Crippen molar-refractivity contribution in [2.45, 2.75) is 57.8 Å². The lowest BCUT2D eigenvalue weighted by Crippen LogP contribution is -2.15. The van der Waals surface area contributed by atoms with Gasteiger partial charge in [-0.1, -0.05) is 57.2 Å². The van der Waals surface area contributed by atoms with Gasteiger partial charge in [-0.25, -0.2) is 8.78 Å². The number of nitrogens with two attached hydrogens (primary N) is 1. The highest BCUT2D eigenvalue weighted by Gasteiger charge is 2.37. The molecule has 2 aliphatic carbocycles. The van der Waals surface area contributed by atoms with Gasteiger partial charge in [0.05, 0.1) is 0 Å². The molecule has 2 aliphatic rings. The molecule has 0 radical (unpaired) electrons. The van der Waals surface area contributed by atoms with Crippen molar-refractivity contribution < 1.29 is 8.78 Å². The van der Waals surface area contributed by atoms with E-state index in [1.165, 1.54) is 16.7 Å². The molecule has 0 spiro atoms. The Morgan fingerprint density at radius 1 is 1.04 bits per heavy atom. The summed E-state index contributed by atoms with van der Waals surface area (Å²) in [5, 5.41) is 0. The summed E-state index contributed by atoms with van der Waals surface area (Å²) in [7, 11) is 0. The number of hydrogen-bond acceptors (Lipinski definition) is 1. The number of benzene rings is 2. The second-order valence-corrected chi connectivity index (χ2v) is 8.19. The molecule has 0 aromatic heterocycles. The SMILES string of the molecule is CC(C)c1cc(-c2ccc3c(c2)CC(F)(F)C3)cc2c1CC(N)=CC2C. The number of allylic oxidation sites excluding steroid dienone is 2. The van der Waals surface area contributed by atoms with Crippen molar-refractivity contribution >= 4 is 0 Å². The normalized spacial score (nSPS) is 20.7. The molecule has 0 heterocycles. The minimum absolute atomic E-state index is 0.134. The molecule has 0 bridgehead atoms. The molecular formula is C23H25F2N. The number of hydrogen-bond donors (Lipinski definition) is 1. The topological polar surface area (TPSA) is 26.0 Å². The van der Waals surface area contributed by atoms with Crippen LogP contribution in [0.15, 0.2) is 42.1 Å². The van der Waals surface area contributed by atoms with Gasteiger partial charge in [0.25, 0.3) is 5.92 Å². The van der Waals surface area contributed by atoms with Crippen molar-refractivity contribution in [3.05, 3.63) is 69.9 Å². The van der Waals surface area contributed by atoms with Gasteiger partial charge in [0.2, 0.25) is 0 Å². The molecule has 0 aliphatic heterocycles. The Kier molecular flexibility index (Phi) is 3.94. The lowest BCUT2D eigenvalue weighted by Gasteiger charge is -2.26. The Balaban J connectivity index is 1.83. The fourth-order valence-electron chi connectivity index (χ4n) is 4.45. The van der Waals surface area contributed by atoms with E-state index in [0.29, 0.717) is 5.92 Å². The standard InChI is InChI=1S/C23H25F2N/c1-13(2)20-8-17(9-21-14(3)6-19(26)10-22(20)21)15-4-5-16-11-23(24,25)12-18(16)7-15/h4-9,13-14H,10-12,26H2,1-3H3. The first-order valence-corrected chi connectivity index (χ1v) is 9.36. The molecule has 26 heavy (non-hydrogen) atoms. The Hall–Kier alpha value is -2.16. The van der Waals surface area contributed by atoms with Crippen LogP contribution < -0.4 is 5.73 Å². The molecule has 2 N–H and O–H groups in total. The van der Waals surface area contributed by atoms with Crippen molar-refractivity contribution in [2.24, 2.45) is 5.73 Å². The van der Waals surface area contributed by atoms with Gasteiger partial charge >= 0.3 is 0 Å².